The van der Waals surface area contributed by atoms with Crippen LogP contribution in [-0.4, -0.2) is 59.2 Å². The summed E-state index contributed by atoms with van der Waals surface area (Å²) < 4.78 is 0. The Morgan fingerprint density at radius 1 is 1.60 bits per heavy atom. The third-order valence-corrected chi connectivity index (χ3v) is 0. The van der Waals surface area contributed by atoms with Gasteiger partial charge in [-0.1, -0.05) is 0 Å². The minimum atomic E-state index is 0. The molecular weight excluding hydrogens is 219 g/mol. The van der Waals surface area contributed by atoms with Crippen LogP contribution in [0, 0.1) is 0 Å². The standard InChI is InChI=1S/Fe.K.H4PSi.Zn.H/c;;1-2;;/h;;1-2H2;;. The van der Waals surface area contributed by atoms with Gasteiger partial charge in [-0.2, -0.15) is 0 Å². The Morgan fingerprint density at radius 2 is 1.60 bits per heavy atom. The van der Waals surface area contributed by atoms with Crippen molar-refractivity contribution in [3.8, 4) is 0 Å². The van der Waals surface area contributed by atoms with Crippen LogP contribution in [0.5, 0.6) is 0 Å². The first kappa shape index (κ1) is 15.8. The van der Waals surface area contributed by atoms with Crippen molar-refractivity contribution in [1.29, 1.82) is 0 Å². The van der Waals surface area contributed by atoms with E-state index >= 15 is 0 Å². The molecule has 0 saturated heterocycles. The summed E-state index contributed by atoms with van der Waals surface area (Å²) >= 11 is 3.59. The molecular formula is H5FeKPSiZn. The molecule has 0 spiro atoms. The van der Waals surface area contributed by atoms with Crippen LogP contribution in [0.15, 0.2) is 0 Å². The van der Waals surface area contributed by atoms with Crippen LogP contribution in [-0.2, 0) is 34.9 Å². The number of hydrogen-bond donors (Lipinski definition) is 0. The normalized spacial score (nSPS) is 6.00. The van der Waals surface area contributed by atoms with Gasteiger partial charge in [0.05, 0.1) is 0 Å². The predicted octanol–water partition coefficient (Wildman–Crippen LogP) is -1.24. The molecule has 0 radical (unpaired) electrons. The van der Waals surface area contributed by atoms with E-state index in [4.69, 9.17) is 0 Å². The molecule has 25 valence electrons. The second kappa shape index (κ2) is 15.7. The molecule has 1 unspecified atom stereocenters. The molecule has 0 aromatic heterocycles. The fourth-order valence-corrected chi connectivity index (χ4v) is 0. The van der Waals surface area contributed by atoms with Crippen molar-refractivity contribution in [2.75, 3.05) is 0 Å². The Balaban J connectivity index is -0.0000000200. The maximum Gasteiger partial charge on any atom is 0 e. The summed E-state index contributed by atoms with van der Waals surface area (Å²) in [6, 6.07) is 0. The van der Waals surface area contributed by atoms with E-state index in [0.717, 1.165) is 0 Å². The van der Waals surface area contributed by atoms with Crippen molar-refractivity contribution in [3.05, 3.63) is 0 Å². The topological polar surface area (TPSA) is 0 Å². The van der Waals surface area contributed by atoms with Gasteiger partial charge >= 0.3 is 83.3 Å². The number of rotatable bonds is 0. The molecule has 0 heterocycles. The second-order valence-electron chi connectivity index (χ2n) is 0.144. The molecule has 0 N–H and O–H groups in total. The van der Waals surface area contributed by atoms with Crippen LogP contribution in [0.4, 0.5) is 0 Å². The van der Waals surface area contributed by atoms with Crippen molar-refractivity contribution in [3.63, 3.8) is 0 Å². The third kappa shape index (κ3) is 18.6. The molecule has 0 rings (SSSR count). The predicted molar refractivity (Wildman–Crippen MR) is 25.4 cm³/mol. The van der Waals surface area contributed by atoms with Gasteiger partial charge in [-0.15, -0.1) is 0 Å². The van der Waals surface area contributed by atoms with Gasteiger partial charge < -0.3 is 0 Å². The summed E-state index contributed by atoms with van der Waals surface area (Å²) in [6.07, 6.45) is 0. The van der Waals surface area contributed by atoms with Crippen molar-refractivity contribution >= 4 is 68.0 Å². The first-order valence-electron chi connectivity index (χ1n) is 0.658. The summed E-state index contributed by atoms with van der Waals surface area (Å²) in [5.74, 6) is 0. The Kier molecular flexibility index (Phi) is 49.4. The molecule has 0 aliphatic heterocycles. The zero-order chi connectivity index (χ0) is 2.71. The fourth-order valence-electron chi connectivity index (χ4n) is 0. The van der Waals surface area contributed by atoms with Gasteiger partial charge in [-0.05, 0) is 0 Å². The van der Waals surface area contributed by atoms with E-state index in [0.29, 0.717) is 0 Å². The monoisotopic (exact) mass is 223 g/mol. The van der Waals surface area contributed by atoms with Crippen molar-refractivity contribution in [2.45, 2.75) is 0 Å². The molecule has 0 fully saturated rings. The molecule has 5 heavy (non-hydrogen) atoms. The molecule has 0 aromatic carbocycles. The zero-order valence-corrected chi connectivity index (χ0v) is 8.99. The Bertz CT molecular complexity index is 11.6. The quantitative estimate of drug-likeness (QED) is 0.357. The van der Waals surface area contributed by atoms with E-state index in [2.05, 4.69) is 24.2 Å². The summed E-state index contributed by atoms with van der Waals surface area (Å²) in [5.41, 5.74) is 0. The molecule has 1 atom stereocenters. The van der Waals surface area contributed by atoms with Gasteiger partial charge in [0.15, 0.2) is 0 Å². The molecule has 0 aliphatic carbocycles. The molecule has 0 saturated carbocycles. The second-order valence-corrected chi connectivity index (χ2v) is 5.36. The van der Waals surface area contributed by atoms with Crippen molar-refractivity contribution in [2.24, 2.45) is 0 Å². The van der Waals surface area contributed by atoms with Crippen LogP contribution in [0.1, 0.15) is 0 Å². The molecule has 0 amide bonds. The van der Waals surface area contributed by atoms with Crippen LogP contribution in [0.2, 0.25) is 0 Å². The van der Waals surface area contributed by atoms with Crippen LogP contribution >= 0.6 is 8.79 Å². The van der Waals surface area contributed by atoms with Gasteiger partial charge in [-0.25, -0.2) is 0 Å². The largest absolute Gasteiger partial charge is 0 e. The van der Waals surface area contributed by atoms with Gasteiger partial charge in [0, 0.05) is 19.5 Å². The molecule has 0 aliphatic rings. The van der Waals surface area contributed by atoms with E-state index in [1.54, 1.807) is 0 Å². The summed E-state index contributed by atoms with van der Waals surface area (Å²) in [7, 11) is 2.69. The molecule has 5 heteroatoms. The van der Waals surface area contributed by atoms with Crippen molar-refractivity contribution in [1.82, 2.24) is 0 Å². The maximum atomic E-state index is 3.59. The number of hydrogen-bond acceptors (Lipinski definition) is 0. The zero-order valence-electron chi connectivity index (χ0n) is 2.35. The van der Waals surface area contributed by atoms with Crippen molar-refractivity contribution < 1.29 is 34.9 Å². The van der Waals surface area contributed by atoms with Gasteiger partial charge in [-0.3, -0.25) is 0 Å². The Hall–Kier alpha value is 3.43. The average molecular weight is 224 g/mol. The third-order valence-electron chi connectivity index (χ3n) is 0. The van der Waals surface area contributed by atoms with Gasteiger partial charge in [0.25, 0.3) is 0 Å². The van der Waals surface area contributed by atoms with E-state index in [-0.39, 0.29) is 78.7 Å². The molecule has 0 aromatic rings. The van der Waals surface area contributed by atoms with E-state index in [1.807, 2.05) is 0 Å². The molecule has 0 nitrogen and oxygen atoms in total. The minimum absolute atomic E-state index is 0. The average Bonchev–Trinajstić information content (AvgIpc) is 0.918. The molecule has 0 bridgehead atoms. The van der Waals surface area contributed by atoms with E-state index in [1.165, 1.54) is 0 Å². The van der Waals surface area contributed by atoms with Crippen LogP contribution in [0.3, 0.4) is 0 Å². The van der Waals surface area contributed by atoms with Crippen LogP contribution < -0.4 is 0 Å². The SMILES string of the molecule is P[SiH2][Fe].[KH].[Zn]. The van der Waals surface area contributed by atoms with E-state index < -0.39 is 0 Å². The first-order chi connectivity index (χ1) is 1.41. The fraction of sp³-hybridized carbons (Fsp3) is 0. The first-order valence-corrected chi connectivity index (χ1v) is 6.77. The van der Waals surface area contributed by atoms with Gasteiger partial charge in [0.2, 0.25) is 0 Å². The summed E-state index contributed by atoms with van der Waals surface area (Å²) in [4.78, 5) is 0. The van der Waals surface area contributed by atoms with E-state index in [9.17, 15) is 0 Å². The smallest absolute Gasteiger partial charge is 0 e. The summed E-state index contributed by atoms with van der Waals surface area (Å²) in [5, 5.41) is 0. The van der Waals surface area contributed by atoms with Crippen LogP contribution in [0.25, 0.3) is 0 Å². The minimum Gasteiger partial charge on any atom is 0 e. The Labute approximate surface area is 100 Å². The maximum absolute atomic E-state index is 3.59. The van der Waals surface area contributed by atoms with Gasteiger partial charge in [0.1, 0.15) is 0 Å². The summed E-state index contributed by atoms with van der Waals surface area (Å²) in [6.45, 7) is 0. The Morgan fingerprint density at radius 3 is 1.60 bits per heavy atom.